The average Bonchev–Trinajstić information content (AvgIpc) is 3.39. The van der Waals surface area contributed by atoms with Crippen LogP contribution in [0.5, 0.6) is 0 Å². The van der Waals surface area contributed by atoms with Crippen LogP contribution in [0.25, 0.3) is 0 Å². The van der Waals surface area contributed by atoms with Crippen molar-refractivity contribution in [3.63, 3.8) is 0 Å². The summed E-state index contributed by atoms with van der Waals surface area (Å²) in [5.74, 6) is 0.681. The first kappa shape index (κ1) is 23.1. The van der Waals surface area contributed by atoms with Crippen LogP contribution in [0.3, 0.4) is 0 Å². The standard InChI is InChI=1S/C25H39NOS/c1-7-10-19(5)28-22-14-13-21(17-18(22)4)24(27)26-23(25(6)15-16-25)20(11-8-2)12-9-3/h10,13-14,17,20,23H,7-9,11-12,15-16H2,1-6H3,(H,26,27)/b19-10-. The van der Waals surface area contributed by atoms with Crippen LogP contribution in [0.2, 0.25) is 0 Å². The lowest BCUT2D eigenvalue weighted by atomic mass is 9.81. The van der Waals surface area contributed by atoms with Gasteiger partial charge in [-0.15, -0.1) is 0 Å². The SMILES string of the molecule is CC/C=C(/C)Sc1ccc(C(=O)NC(C(CCC)CCC)C2(C)CC2)cc1C. The van der Waals surface area contributed by atoms with E-state index in [1.165, 1.54) is 53.9 Å². The number of hydrogen-bond acceptors (Lipinski definition) is 2. The van der Waals surface area contributed by atoms with Gasteiger partial charge in [-0.3, -0.25) is 4.79 Å². The number of nitrogens with one attached hydrogen (secondary N) is 1. The number of amides is 1. The molecule has 0 radical (unpaired) electrons. The summed E-state index contributed by atoms with van der Waals surface area (Å²) >= 11 is 1.79. The third-order valence-electron chi connectivity index (χ3n) is 6.07. The Bertz CT molecular complexity index is 684. The molecule has 0 spiro atoms. The number of allylic oxidation sites excluding steroid dienone is 2. The summed E-state index contributed by atoms with van der Waals surface area (Å²) in [6, 6.07) is 6.44. The van der Waals surface area contributed by atoms with E-state index in [1.54, 1.807) is 11.8 Å². The molecular weight excluding hydrogens is 362 g/mol. The van der Waals surface area contributed by atoms with Gasteiger partial charge in [0.1, 0.15) is 0 Å². The van der Waals surface area contributed by atoms with E-state index in [4.69, 9.17) is 0 Å². The number of carbonyl (C=O) groups is 1. The van der Waals surface area contributed by atoms with Crippen LogP contribution < -0.4 is 5.32 Å². The molecule has 0 aliphatic heterocycles. The molecule has 2 nitrogen and oxygen atoms in total. The normalized spacial score (nSPS) is 16.9. The van der Waals surface area contributed by atoms with Crippen LogP contribution in [0.1, 0.15) is 95.5 Å². The van der Waals surface area contributed by atoms with Crippen molar-refractivity contribution < 1.29 is 4.79 Å². The first-order valence-electron chi connectivity index (χ1n) is 11.1. The lowest BCUT2D eigenvalue weighted by Crippen LogP contribution is -2.45. The largest absolute Gasteiger partial charge is 0.348 e. The van der Waals surface area contributed by atoms with Gasteiger partial charge in [0.15, 0.2) is 0 Å². The first-order chi connectivity index (χ1) is 13.3. The molecular formula is C25H39NOS. The number of hydrogen-bond donors (Lipinski definition) is 1. The van der Waals surface area contributed by atoms with Crippen molar-refractivity contribution in [3.05, 3.63) is 40.3 Å². The maximum atomic E-state index is 13.1. The zero-order valence-electron chi connectivity index (χ0n) is 18.7. The van der Waals surface area contributed by atoms with Gasteiger partial charge in [-0.1, -0.05) is 58.4 Å². The molecule has 1 unspecified atom stereocenters. The summed E-state index contributed by atoms with van der Waals surface area (Å²) in [6.45, 7) is 13.3. The van der Waals surface area contributed by atoms with Crippen LogP contribution >= 0.6 is 11.8 Å². The summed E-state index contributed by atoms with van der Waals surface area (Å²) in [5, 5.41) is 3.46. The predicted octanol–water partition coefficient (Wildman–Crippen LogP) is 7.52. The smallest absolute Gasteiger partial charge is 0.251 e. The van der Waals surface area contributed by atoms with E-state index in [9.17, 15) is 4.79 Å². The van der Waals surface area contributed by atoms with Crippen molar-refractivity contribution >= 4 is 17.7 Å². The fourth-order valence-corrected chi connectivity index (χ4v) is 5.17. The van der Waals surface area contributed by atoms with E-state index in [0.717, 1.165) is 12.0 Å². The maximum absolute atomic E-state index is 13.1. The molecule has 1 aromatic carbocycles. The van der Waals surface area contributed by atoms with Crippen molar-refractivity contribution in [2.45, 2.75) is 97.4 Å². The van der Waals surface area contributed by atoms with Gasteiger partial charge in [0, 0.05) is 16.5 Å². The molecule has 156 valence electrons. The van der Waals surface area contributed by atoms with Gasteiger partial charge in [-0.25, -0.2) is 0 Å². The molecule has 1 aliphatic rings. The van der Waals surface area contributed by atoms with Crippen molar-refractivity contribution in [1.82, 2.24) is 5.32 Å². The maximum Gasteiger partial charge on any atom is 0.251 e. The van der Waals surface area contributed by atoms with Crippen LogP contribution in [0.4, 0.5) is 0 Å². The molecule has 0 saturated heterocycles. The van der Waals surface area contributed by atoms with Gasteiger partial charge in [0.25, 0.3) is 5.91 Å². The highest BCUT2D eigenvalue weighted by Gasteiger charge is 2.48. The third kappa shape index (κ3) is 6.14. The Balaban J connectivity index is 2.15. The van der Waals surface area contributed by atoms with Crippen molar-refractivity contribution in [1.29, 1.82) is 0 Å². The average molecular weight is 402 g/mol. The highest BCUT2D eigenvalue weighted by Crippen LogP contribution is 2.51. The van der Waals surface area contributed by atoms with Gasteiger partial charge in [0.05, 0.1) is 0 Å². The molecule has 1 fully saturated rings. The van der Waals surface area contributed by atoms with E-state index in [1.807, 2.05) is 6.07 Å². The lowest BCUT2D eigenvalue weighted by molar-refractivity contribution is 0.0884. The van der Waals surface area contributed by atoms with E-state index < -0.39 is 0 Å². The van der Waals surface area contributed by atoms with Gasteiger partial charge >= 0.3 is 0 Å². The Morgan fingerprint density at radius 1 is 1.21 bits per heavy atom. The molecule has 0 bridgehead atoms. The number of rotatable bonds is 11. The minimum atomic E-state index is 0.0933. The van der Waals surface area contributed by atoms with Gasteiger partial charge in [0.2, 0.25) is 0 Å². The molecule has 1 N–H and O–H groups in total. The molecule has 28 heavy (non-hydrogen) atoms. The quantitative estimate of drug-likeness (QED) is 0.389. The third-order valence-corrected chi connectivity index (χ3v) is 7.23. The molecule has 1 atom stereocenters. The molecule has 3 heteroatoms. The summed E-state index contributed by atoms with van der Waals surface area (Å²) in [7, 11) is 0. The summed E-state index contributed by atoms with van der Waals surface area (Å²) in [4.78, 5) is 15.6. The molecule has 1 aliphatic carbocycles. The van der Waals surface area contributed by atoms with Gasteiger partial charge in [-0.05, 0) is 86.0 Å². The zero-order chi connectivity index (χ0) is 20.7. The van der Waals surface area contributed by atoms with E-state index in [0.29, 0.717) is 12.0 Å². The fourth-order valence-electron chi connectivity index (χ4n) is 4.22. The number of benzene rings is 1. The fraction of sp³-hybridized carbons (Fsp3) is 0.640. The van der Waals surface area contributed by atoms with Gasteiger partial charge in [-0.2, -0.15) is 0 Å². The predicted molar refractivity (Wildman–Crippen MR) is 123 cm³/mol. The zero-order valence-corrected chi connectivity index (χ0v) is 19.5. The van der Waals surface area contributed by atoms with E-state index >= 15 is 0 Å². The summed E-state index contributed by atoms with van der Waals surface area (Å²) < 4.78 is 0. The van der Waals surface area contributed by atoms with Crippen molar-refractivity contribution in [3.8, 4) is 0 Å². The second kappa shape index (κ2) is 10.5. The minimum absolute atomic E-state index is 0.0933. The molecule has 0 heterocycles. The molecule has 0 aromatic heterocycles. The van der Waals surface area contributed by atoms with E-state index in [-0.39, 0.29) is 11.3 Å². The van der Waals surface area contributed by atoms with Crippen LogP contribution in [-0.4, -0.2) is 11.9 Å². The molecule has 1 amide bonds. The summed E-state index contributed by atoms with van der Waals surface area (Å²) in [5.41, 5.74) is 2.26. The topological polar surface area (TPSA) is 29.1 Å². The highest BCUT2D eigenvalue weighted by molar-refractivity contribution is 8.03. The Morgan fingerprint density at radius 2 is 1.86 bits per heavy atom. The first-order valence-corrected chi connectivity index (χ1v) is 11.9. The van der Waals surface area contributed by atoms with Crippen LogP contribution in [0.15, 0.2) is 34.1 Å². The number of aryl methyl sites for hydroxylation is 1. The molecule has 2 rings (SSSR count). The highest BCUT2D eigenvalue weighted by atomic mass is 32.2. The van der Waals surface area contributed by atoms with E-state index in [2.05, 4.69) is 65.1 Å². The monoisotopic (exact) mass is 401 g/mol. The lowest BCUT2D eigenvalue weighted by Gasteiger charge is -2.33. The molecule has 1 saturated carbocycles. The second-order valence-electron chi connectivity index (χ2n) is 8.75. The Morgan fingerprint density at radius 3 is 2.36 bits per heavy atom. The van der Waals surface area contributed by atoms with Crippen molar-refractivity contribution in [2.75, 3.05) is 0 Å². The minimum Gasteiger partial charge on any atom is -0.348 e. The summed E-state index contributed by atoms with van der Waals surface area (Å²) in [6.07, 6.45) is 10.5. The Kier molecular flexibility index (Phi) is 8.67. The second-order valence-corrected chi connectivity index (χ2v) is 10.0. The molecule has 1 aromatic rings. The number of carbonyl (C=O) groups excluding carboxylic acids is 1. The van der Waals surface area contributed by atoms with Gasteiger partial charge < -0.3 is 5.32 Å². The van der Waals surface area contributed by atoms with Crippen LogP contribution in [-0.2, 0) is 0 Å². The van der Waals surface area contributed by atoms with Crippen LogP contribution in [0, 0.1) is 18.3 Å². The Hall–Kier alpha value is -1.22. The van der Waals surface area contributed by atoms with Crippen molar-refractivity contribution in [2.24, 2.45) is 11.3 Å². The number of thioether (sulfide) groups is 1. The Labute approximate surface area is 177 Å².